The molecule has 3 aromatic heterocycles. The van der Waals surface area contributed by atoms with Gasteiger partial charge in [0.05, 0.1) is 5.39 Å². The highest BCUT2D eigenvalue weighted by Gasteiger charge is 2.17. The molecule has 0 unspecified atom stereocenters. The number of nitrogens with zero attached hydrogens (tertiary/aromatic N) is 5. The molecule has 3 heterocycles. The minimum absolute atomic E-state index is 0.219. The van der Waals surface area contributed by atoms with Gasteiger partial charge in [-0.2, -0.15) is 14.8 Å². The Kier molecular flexibility index (Phi) is 1.97. The number of pyridine rings is 1. The standard InChI is InChI=1S/C10H7N5O2/c1-6(16)15-10-7(3-2-4-11-10)8(13-15)9-12-5-17-14-9/h2-5H,1H3. The number of hydrogen-bond acceptors (Lipinski definition) is 6. The van der Waals surface area contributed by atoms with Crippen molar-refractivity contribution >= 4 is 16.9 Å². The van der Waals surface area contributed by atoms with Gasteiger partial charge in [-0.25, -0.2) is 4.98 Å². The number of aromatic nitrogens is 5. The van der Waals surface area contributed by atoms with Gasteiger partial charge in [0.25, 0.3) is 0 Å². The molecule has 7 nitrogen and oxygen atoms in total. The highest BCUT2D eigenvalue weighted by Crippen LogP contribution is 2.23. The minimum atomic E-state index is -0.219. The molecule has 3 rings (SSSR count). The van der Waals surface area contributed by atoms with E-state index in [1.54, 1.807) is 18.3 Å². The molecule has 0 N–H and O–H groups in total. The summed E-state index contributed by atoms with van der Waals surface area (Å²) >= 11 is 0. The predicted octanol–water partition coefficient (Wildman–Crippen LogP) is 1.14. The molecule has 0 atom stereocenters. The van der Waals surface area contributed by atoms with Crippen LogP contribution in [-0.2, 0) is 0 Å². The fourth-order valence-electron chi connectivity index (χ4n) is 1.61. The monoisotopic (exact) mass is 229 g/mol. The largest absolute Gasteiger partial charge is 0.342 e. The minimum Gasteiger partial charge on any atom is -0.342 e. The zero-order valence-electron chi connectivity index (χ0n) is 8.86. The van der Waals surface area contributed by atoms with E-state index in [1.807, 2.05) is 0 Å². The molecule has 0 spiro atoms. The smallest absolute Gasteiger partial charge is 0.245 e. The van der Waals surface area contributed by atoms with E-state index in [4.69, 9.17) is 0 Å². The van der Waals surface area contributed by atoms with Crippen LogP contribution in [-0.4, -0.2) is 30.8 Å². The fraction of sp³-hybridized carbons (Fsp3) is 0.100. The van der Waals surface area contributed by atoms with Crippen LogP contribution in [0.5, 0.6) is 0 Å². The molecular weight excluding hydrogens is 222 g/mol. The maximum Gasteiger partial charge on any atom is 0.245 e. The Labute approximate surface area is 95.1 Å². The Morgan fingerprint density at radius 3 is 3.00 bits per heavy atom. The van der Waals surface area contributed by atoms with E-state index in [0.717, 1.165) is 0 Å². The van der Waals surface area contributed by atoms with Crippen LogP contribution in [0.4, 0.5) is 0 Å². The molecule has 0 bridgehead atoms. The van der Waals surface area contributed by atoms with Gasteiger partial charge in [-0.05, 0) is 12.1 Å². The molecule has 3 aromatic rings. The molecule has 0 aliphatic heterocycles. The quantitative estimate of drug-likeness (QED) is 0.621. The SMILES string of the molecule is CC(=O)n1nc(-c2ncon2)c2cccnc21. The van der Waals surface area contributed by atoms with Crippen LogP contribution in [0.3, 0.4) is 0 Å². The lowest BCUT2D eigenvalue weighted by molar-refractivity contribution is 0.0926. The van der Waals surface area contributed by atoms with Crippen molar-refractivity contribution in [1.82, 2.24) is 24.9 Å². The van der Waals surface area contributed by atoms with Crippen LogP contribution in [0, 0.1) is 0 Å². The zero-order valence-corrected chi connectivity index (χ0v) is 8.86. The van der Waals surface area contributed by atoms with Crippen molar-refractivity contribution in [3.05, 3.63) is 24.7 Å². The Balaban J connectivity index is 2.37. The topological polar surface area (TPSA) is 86.7 Å². The van der Waals surface area contributed by atoms with Gasteiger partial charge in [0.15, 0.2) is 5.65 Å². The molecule has 0 aliphatic rings. The summed E-state index contributed by atoms with van der Waals surface area (Å²) in [5, 5.41) is 8.57. The summed E-state index contributed by atoms with van der Waals surface area (Å²) in [7, 11) is 0. The van der Waals surface area contributed by atoms with Crippen LogP contribution in [0.1, 0.15) is 11.7 Å². The first-order chi connectivity index (χ1) is 8.27. The summed E-state index contributed by atoms with van der Waals surface area (Å²) in [6.45, 7) is 1.42. The van der Waals surface area contributed by atoms with Crippen LogP contribution < -0.4 is 0 Å². The number of carbonyl (C=O) groups is 1. The summed E-state index contributed by atoms with van der Waals surface area (Å²) in [6, 6.07) is 3.57. The molecule has 0 saturated heterocycles. The number of fused-ring (bicyclic) bond motifs is 1. The second-order valence-electron chi connectivity index (χ2n) is 3.41. The summed E-state index contributed by atoms with van der Waals surface area (Å²) in [5.74, 6) is 0.117. The van der Waals surface area contributed by atoms with E-state index in [1.165, 1.54) is 18.0 Å². The molecule has 0 amide bonds. The van der Waals surface area contributed by atoms with E-state index in [0.29, 0.717) is 22.6 Å². The Bertz CT molecular complexity index is 686. The van der Waals surface area contributed by atoms with Crippen LogP contribution >= 0.6 is 0 Å². The second kappa shape index (κ2) is 3.48. The first-order valence-electron chi connectivity index (χ1n) is 4.89. The molecule has 84 valence electrons. The van der Waals surface area contributed by atoms with Gasteiger partial charge >= 0.3 is 0 Å². The van der Waals surface area contributed by atoms with Crippen molar-refractivity contribution in [3.8, 4) is 11.5 Å². The maximum absolute atomic E-state index is 11.4. The molecule has 0 aromatic carbocycles. The van der Waals surface area contributed by atoms with E-state index < -0.39 is 0 Å². The molecule has 7 heteroatoms. The van der Waals surface area contributed by atoms with Gasteiger partial charge in [-0.3, -0.25) is 4.79 Å². The first-order valence-corrected chi connectivity index (χ1v) is 4.89. The highest BCUT2D eigenvalue weighted by molar-refractivity contribution is 5.95. The third-order valence-electron chi connectivity index (χ3n) is 2.31. The molecule has 0 saturated carbocycles. The van der Waals surface area contributed by atoms with Crippen molar-refractivity contribution < 1.29 is 9.32 Å². The summed E-state index contributed by atoms with van der Waals surface area (Å²) < 4.78 is 5.90. The molecular formula is C10H7N5O2. The van der Waals surface area contributed by atoms with Crippen LogP contribution in [0.2, 0.25) is 0 Å². The third-order valence-corrected chi connectivity index (χ3v) is 2.31. The van der Waals surface area contributed by atoms with Crippen molar-refractivity contribution in [3.63, 3.8) is 0 Å². The average Bonchev–Trinajstić information content (AvgIpc) is 2.95. The predicted molar refractivity (Wildman–Crippen MR) is 57.1 cm³/mol. The lowest BCUT2D eigenvalue weighted by atomic mass is 10.2. The normalized spacial score (nSPS) is 10.9. The van der Waals surface area contributed by atoms with Gasteiger partial charge < -0.3 is 4.52 Å². The molecule has 17 heavy (non-hydrogen) atoms. The molecule has 0 fully saturated rings. The van der Waals surface area contributed by atoms with Crippen molar-refractivity contribution in [2.75, 3.05) is 0 Å². The second-order valence-corrected chi connectivity index (χ2v) is 3.41. The van der Waals surface area contributed by atoms with Crippen molar-refractivity contribution in [2.24, 2.45) is 0 Å². The fourth-order valence-corrected chi connectivity index (χ4v) is 1.61. The summed E-state index contributed by atoms with van der Waals surface area (Å²) in [6.07, 6.45) is 2.81. The summed E-state index contributed by atoms with van der Waals surface area (Å²) in [5.41, 5.74) is 0.969. The lowest BCUT2D eigenvalue weighted by Gasteiger charge is -1.93. The Morgan fingerprint density at radius 1 is 1.41 bits per heavy atom. The lowest BCUT2D eigenvalue weighted by Crippen LogP contribution is -2.07. The van der Waals surface area contributed by atoms with Gasteiger partial charge in [-0.1, -0.05) is 5.16 Å². The van der Waals surface area contributed by atoms with Crippen LogP contribution in [0.15, 0.2) is 29.2 Å². The Morgan fingerprint density at radius 2 is 2.29 bits per heavy atom. The van der Waals surface area contributed by atoms with Crippen LogP contribution in [0.25, 0.3) is 22.6 Å². The number of hydrogen-bond donors (Lipinski definition) is 0. The number of rotatable bonds is 1. The third kappa shape index (κ3) is 1.40. The van der Waals surface area contributed by atoms with E-state index in [2.05, 4.69) is 24.7 Å². The summed E-state index contributed by atoms with van der Waals surface area (Å²) in [4.78, 5) is 19.5. The van der Waals surface area contributed by atoms with E-state index in [9.17, 15) is 4.79 Å². The highest BCUT2D eigenvalue weighted by atomic mass is 16.5. The van der Waals surface area contributed by atoms with Gasteiger partial charge in [0.1, 0.15) is 5.69 Å². The van der Waals surface area contributed by atoms with Gasteiger partial charge in [0, 0.05) is 13.1 Å². The molecule has 0 aliphatic carbocycles. The van der Waals surface area contributed by atoms with Crippen molar-refractivity contribution in [2.45, 2.75) is 6.92 Å². The maximum atomic E-state index is 11.4. The van der Waals surface area contributed by atoms with E-state index >= 15 is 0 Å². The zero-order chi connectivity index (χ0) is 11.8. The first kappa shape index (κ1) is 9.64. The Hall–Kier alpha value is -2.57. The van der Waals surface area contributed by atoms with Gasteiger partial charge in [0.2, 0.25) is 18.1 Å². The molecule has 0 radical (unpaired) electrons. The van der Waals surface area contributed by atoms with Gasteiger partial charge in [-0.15, -0.1) is 0 Å². The number of carbonyl (C=O) groups excluding carboxylic acids is 1. The van der Waals surface area contributed by atoms with Crippen molar-refractivity contribution in [1.29, 1.82) is 0 Å². The average molecular weight is 229 g/mol. The van der Waals surface area contributed by atoms with E-state index in [-0.39, 0.29) is 5.91 Å².